The van der Waals surface area contributed by atoms with E-state index in [0.717, 1.165) is 17.1 Å². The average molecular weight is 247 g/mol. The minimum Gasteiger partial charge on any atom is -0.330 e. The molecule has 17 heavy (non-hydrogen) atoms. The molecule has 0 saturated carbocycles. The van der Waals surface area contributed by atoms with E-state index in [9.17, 15) is 0 Å². The fraction of sp³-hybridized carbons (Fsp3) is 0.385. The second-order valence-electron chi connectivity index (χ2n) is 4.19. The summed E-state index contributed by atoms with van der Waals surface area (Å²) in [6.45, 7) is 4.79. The normalized spacial score (nSPS) is 12.6. The summed E-state index contributed by atoms with van der Waals surface area (Å²) >= 11 is 1.76. The number of hydrogen-bond donors (Lipinski definition) is 1. The van der Waals surface area contributed by atoms with Crippen molar-refractivity contribution >= 4 is 11.3 Å². The monoisotopic (exact) mass is 247 g/mol. The number of rotatable bonds is 4. The maximum atomic E-state index is 5.86. The molecule has 0 aromatic carbocycles. The number of aryl methyl sites for hydroxylation is 2. The van der Waals surface area contributed by atoms with E-state index in [1.807, 2.05) is 24.5 Å². The zero-order chi connectivity index (χ0) is 12.3. The van der Waals surface area contributed by atoms with Crippen LogP contribution in [0.25, 0.3) is 0 Å². The van der Waals surface area contributed by atoms with Gasteiger partial charge in [0, 0.05) is 29.7 Å². The Balaban J connectivity index is 2.17. The Kier molecular flexibility index (Phi) is 3.86. The third kappa shape index (κ3) is 2.90. The van der Waals surface area contributed by atoms with Gasteiger partial charge in [0.2, 0.25) is 0 Å². The molecular weight excluding hydrogens is 230 g/mol. The van der Waals surface area contributed by atoms with Crippen molar-refractivity contribution in [2.24, 2.45) is 5.73 Å². The molecule has 0 amide bonds. The van der Waals surface area contributed by atoms with Crippen molar-refractivity contribution in [1.82, 2.24) is 9.97 Å². The predicted molar refractivity (Wildman–Crippen MR) is 71.3 cm³/mol. The molecule has 1 atom stereocenters. The molecule has 90 valence electrons. The number of pyridine rings is 1. The van der Waals surface area contributed by atoms with Crippen molar-refractivity contribution in [1.29, 1.82) is 0 Å². The summed E-state index contributed by atoms with van der Waals surface area (Å²) in [6.07, 6.45) is 4.58. The quantitative estimate of drug-likeness (QED) is 0.903. The molecule has 0 aliphatic carbocycles. The summed E-state index contributed by atoms with van der Waals surface area (Å²) in [7, 11) is 0. The molecule has 2 N–H and O–H groups in total. The van der Waals surface area contributed by atoms with E-state index in [-0.39, 0.29) is 0 Å². The van der Waals surface area contributed by atoms with Gasteiger partial charge in [-0.2, -0.15) is 0 Å². The summed E-state index contributed by atoms with van der Waals surface area (Å²) in [5.41, 5.74) is 8.25. The molecule has 2 aromatic heterocycles. The standard InChI is InChI=1S/C13H17N3S/c1-9-10(2)17-13(16-9)12(8-14)7-11-3-5-15-6-4-11/h3-6,12H,7-8,14H2,1-2H3. The van der Waals surface area contributed by atoms with Crippen LogP contribution in [0, 0.1) is 13.8 Å². The highest BCUT2D eigenvalue weighted by Crippen LogP contribution is 2.26. The van der Waals surface area contributed by atoms with E-state index in [4.69, 9.17) is 5.73 Å². The van der Waals surface area contributed by atoms with Crippen LogP contribution in [0.1, 0.15) is 27.1 Å². The van der Waals surface area contributed by atoms with Crippen LogP contribution in [0.2, 0.25) is 0 Å². The molecule has 0 saturated heterocycles. The molecule has 0 aliphatic rings. The first-order chi connectivity index (χ1) is 8.20. The van der Waals surface area contributed by atoms with Gasteiger partial charge in [-0.1, -0.05) is 0 Å². The second-order valence-corrected chi connectivity index (χ2v) is 5.42. The number of nitrogens with two attached hydrogens (primary N) is 1. The van der Waals surface area contributed by atoms with Crippen LogP contribution in [0.3, 0.4) is 0 Å². The summed E-state index contributed by atoms with van der Waals surface area (Å²) in [4.78, 5) is 9.91. The Morgan fingerprint density at radius 1 is 1.29 bits per heavy atom. The first-order valence-electron chi connectivity index (χ1n) is 5.73. The maximum absolute atomic E-state index is 5.86. The molecule has 3 nitrogen and oxygen atoms in total. The molecular formula is C13H17N3S. The van der Waals surface area contributed by atoms with Crippen LogP contribution in [0.5, 0.6) is 0 Å². The van der Waals surface area contributed by atoms with Gasteiger partial charge in [-0.25, -0.2) is 4.98 Å². The summed E-state index contributed by atoms with van der Waals surface area (Å²) in [6, 6.07) is 4.08. The van der Waals surface area contributed by atoms with Gasteiger partial charge in [-0.05, 0) is 38.0 Å². The Morgan fingerprint density at radius 2 is 2.00 bits per heavy atom. The van der Waals surface area contributed by atoms with Crippen molar-refractivity contribution in [3.05, 3.63) is 45.7 Å². The van der Waals surface area contributed by atoms with Crippen LogP contribution < -0.4 is 5.73 Å². The minimum absolute atomic E-state index is 0.315. The Morgan fingerprint density at radius 3 is 2.53 bits per heavy atom. The van der Waals surface area contributed by atoms with E-state index < -0.39 is 0 Å². The lowest BCUT2D eigenvalue weighted by atomic mass is 10.0. The van der Waals surface area contributed by atoms with Gasteiger partial charge in [0.05, 0.1) is 10.7 Å². The van der Waals surface area contributed by atoms with Gasteiger partial charge in [0.15, 0.2) is 0 Å². The van der Waals surface area contributed by atoms with Gasteiger partial charge < -0.3 is 5.73 Å². The van der Waals surface area contributed by atoms with Crippen LogP contribution in [0.4, 0.5) is 0 Å². The third-order valence-electron chi connectivity index (χ3n) is 2.91. The number of hydrogen-bond acceptors (Lipinski definition) is 4. The molecule has 4 heteroatoms. The Labute approximate surface area is 106 Å². The highest BCUT2D eigenvalue weighted by atomic mass is 32.1. The minimum atomic E-state index is 0.315. The summed E-state index contributed by atoms with van der Waals surface area (Å²) in [5.74, 6) is 0.315. The molecule has 0 fully saturated rings. The third-order valence-corrected chi connectivity index (χ3v) is 4.15. The Hall–Kier alpha value is -1.26. The van der Waals surface area contributed by atoms with Crippen molar-refractivity contribution in [2.75, 3.05) is 6.54 Å². The summed E-state index contributed by atoms with van der Waals surface area (Å²) < 4.78 is 0. The lowest BCUT2D eigenvalue weighted by molar-refractivity contribution is 0.686. The molecule has 2 aromatic rings. The fourth-order valence-electron chi connectivity index (χ4n) is 1.75. The van der Waals surface area contributed by atoms with Crippen molar-refractivity contribution in [3.63, 3.8) is 0 Å². The SMILES string of the molecule is Cc1nc(C(CN)Cc2ccncc2)sc1C. The molecule has 0 bridgehead atoms. The van der Waals surface area contributed by atoms with Crippen LogP contribution in [-0.4, -0.2) is 16.5 Å². The van der Waals surface area contributed by atoms with E-state index in [2.05, 4.69) is 23.8 Å². The lowest BCUT2D eigenvalue weighted by Crippen LogP contribution is -2.14. The Bertz CT molecular complexity index is 459. The topological polar surface area (TPSA) is 51.8 Å². The first-order valence-corrected chi connectivity index (χ1v) is 6.55. The maximum Gasteiger partial charge on any atom is 0.0977 e. The zero-order valence-electron chi connectivity index (χ0n) is 10.2. The van der Waals surface area contributed by atoms with Gasteiger partial charge in [0.1, 0.15) is 0 Å². The average Bonchev–Trinajstić information content (AvgIpc) is 2.68. The van der Waals surface area contributed by atoms with Crippen molar-refractivity contribution in [2.45, 2.75) is 26.2 Å². The molecule has 0 radical (unpaired) electrons. The van der Waals surface area contributed by atoms with Gasteiger partial charge in [-0.3, -0.25) is 4.98 Å². The fourth-order valence-corrected chi connectivity index (χ4v) is 2.78. The number of nitrogens with zero attached hydrogens (tertiary/aromatic N) is 2. The molecule has 0 aliphatic heterocycles. The van der Waals surface area contributed by atoms with Gasteiger partial charge in [0.25, 0.3) is 0 Å². The molecule has 2 heterocycles. The first kappa shape index (κ1) is 12.2. The smallest absolute Gasteiger partial charge is 0.0977 e. The van der Waals surface area contributed by atoms with Crippen LogP contribution >= 0.6 is 11.3 Å². The summed E-state index contributed by atoms with van der Waals surface area (Å²) in [5, 5.41) is 1.15. The van der Waals surface area contributed by atoms with E-state index in [1.165, 1.54) is 10.4 Å². The highest BCUT2D eigenvalue weighted by Gasteiger charge is 2.15. The predicted octanol–water partition coefficient (Wildman–Crippen LogP) is 2.44. The largest absolute Gasteiger partial charge is 0.330 e. The number of aromatic nitrogens is 2. The molecule has 2 rings (SSSR count). The molecule has 0 spiro atoms. The zero-order valence-corrected chi connectivity index (χ0v) is 11.0. The lowest BCUT2D eigenvalue weighted by Gasteiger charge is -2.11. The van der Waals surface area contributed by atoms with E-state index >= 15 is 0 Å². The second kappa shape index (κ2) is 5.38. The van der Waals surface area contributed by atoms with E-state index in [0.29, 0.717) is 12.5 Å². The number of thiazole rings is 1. The van der Waals surface area contributed by atoms with Crippen LogP contribution in [-0.2, 0) is 6.42 Å². The molecule has 1 unspecified atom stereocenters. The van der Waals surface area contributed by atoms with Crippen molar-refractivity contribution in [3.8, 4) is 0 Å². The van der Waals surface area contributed by atoms with E-state index in [1.54, 1.807) is 11.3 Å². The highest BCUT2D eigenvalue weighted by molar-refractivity contribution is 7.11. The van der Waals surface area contributed by atoms with Crippen molar-refractivity contribution < 1.29 is 0 Å². The van der Waals surface area contributed by atoms with Gasteiger partial charge in [-0.15, -0.1) is 11.3 Å². The van der Waals surface area contributed by atoms with Crippen LogP contribution in [0.15, 0.2) is 24.5 Å². The van der Waals surface area contributed by atoms with Gasteiger partial charge >= 0.3 is 0 Å².